The lowest BCUT2D eigenvalue weighted by molar-refractivity contribution is -0.121. The van der Waals surface area contributed by atoms with E-state index in [1.54, 1.807) is 7.05 Å². The summed E-state index contributed by atoms with van der Waals surface area (Å²) in [5.74, 6) is 1.62. The lowest BCUT2D eigenvalue weighted by Gasteiger charge is -2.08. The van der Waals surface area contributed by atoms with E-state index in [1.165, 1.54) is 22.2 Å². The molecular formula is C21H21NO3S2. The zero-order chi connectivity index (χ0) is 19.2. The van der Waals surface area contributed by atoms with Gasteiger partial charge in [0.1, 0.15) is 15.8 Å². The summed E-state index contributed by atoms with van der Waals surface area (Å²) in [6.45, 7) is 3.25. The van der Waals surface area contributed by atoms with Gasteiger partial charge in [-0.05, 0) is 42.8 Å². The minimum atomic E-state index is -0.0566. The van der Waals surface area contributed by atoms with Crippen molar-refractivity contribution in [1.82, 2.24) is 4.90 Å². The van der Waals surface area contributed by atoms with E-state index < -0.39 is 0 Å². The Labute approximate surface area is 169 Å². The summed E-state index contributed by atoms with van der Waals surface area (Å²) in [7, 11) is 1.69. The number of thioether (sulfide) groups is 1. The van der Waals surface area contributed by atoms with Gasteiger partial charge in [0.15, 0.2) is 0 Å². The number of aryl methyl sites for hydroxylation is 1. The Balaban J connectivity index is 1.43. The smallest absolute Gasteiger partial charge is 0.265 e. The molecule has 4 nitrogen and oxygen atoms in total. The highest BCUT2D eigenvalue weighted by molar-refractivity contribution is 8.26. The van der Waals surface area contributed by atoms with Gasteiger partial charge in [0.2, 0.25) is 0 Å². The molecule has 0 bridgehead atoms. The molecule has 0 aromatic heterocycles. The number of thiocarbonyl (C=S) groups is 1. The average Bonchev–Trinajstić information content (AvgIpc) is 2.91. The van der Waals surface area contributed by atoms with Gasteiger partial charge in [-0.2, -0.15) is 0 Å². The van der Waals surface area contributed by atoms with E-state index in [2.05, 4.69) is 6.92 Å². The fraction of sp³-hybridized carbons (Fsp3) is 0.238. The zero-order valence-electron chi connectivity index (χ0n) is 15.3. The molecule has 0 saturated carbocycles. The quantitative estimate of drug-likeness (QED) is 0.384. The molecule has 2 aromatic carbocycles. The second-order valence-corrected chi connectivity index (χ2v) is 7.85. The number of benzene rings is 2. The minimum absolute atomic E-state index is 0.0566. The molecule has 0 spiro atoms. The highest BCUT2D eigenvalue weighted by Crippen LogP contribution is 2.31. The predicted molar refractivity (Wildman–Crippen MR) is 114 cm³/mol. The van der Waals surface area contributed by atoms with Crippen molar-refractivity contribution in [2.75, 3.05) is 20.3 Å². The molecule has 6 heteroatoms. The standard InChI is InChI=1S/C21H21NO3S2/c1-15-4-8-17(9-5-15)24-12-3-13-25-18-10-6-16(7-11-18)14-19-20(23)22(2)21(26)27-19/h4-11,14H,3,12-13H2,1-2H3/b19-14+. The van der Waals surface area contributed by atoms with Gasteiger partial charge in [-0.1, -0.05) is 53.8 Å². The SMILES string of the molecule is Cc1ccc(OCCCOc2ccc(/C=C3/SC(=S)N(C)C3=O)cc2)cc1. The van der Waals surface area contributed by atoms with E-state index in [0.717, 1.165) is 23.5 Å². The Kier molecular flexibility index (Phi) is 6.53. The molecule has 2 aromatic rings. The van der Waals surface area contributed by atoms with Gasteiger partial charge in [0.25, 0.3) is 5.91 Å². The van der Waals surface area contributed by atoms with Crippen molar-refractivity contribution in [2.24, 2.45) is 0 Å². The molecule has 1 amide bonds. The number of ether oxygens (including phenoxy) is 2. The van der Waals surface area contributed by atoms with Crippen LogP contribution in [0.1, 0.15) is 17.5 Å². The Morgan fingerprint density at radius 2 is 1.56 bits per heavy atom. The Bertz CT molecular complexity index is 845. The molecule has 0 aliphatic carbocycles. The van der Waals surface area contributed by atoms with E-state index in [-0.39, 0.29) is 5.91 Å². The molecule has 140 valence electrons. The number of nitrogens with zero attached hydrogens (tertiary/aromatic N) is 1. The van der Waals surface area contributed by atoms with E-state index in [9.17, 15) is 4.79 Å². The predicted octanol–water partition coefficient (Wildman–Crippen LogP) is 4.67. The third kappa shape index (κ3) is 5.34. The van der Waals surface area contributed by atoms with Crippen molar-refractivity contribution in [3.05, 3.63) is 64.6 Å². The van der Waals surface area contributed by atoms with Gasteiger partial charge >= 0.3 is 0 Å². The molecule has 0 radical (unpaired) electrons. The summed E-state index contributed by atoms with van der Waals surface area (Å²) < 4.78 is 12.0. The number of rotatable bonds is 7. The van der Waals surface area contributed by atoms with Crippen molar-refractivity contribution in [2.45, 2.75) is 13.3 Å². The van der Waals surface area contributed by atoms with Crippen LogP contribution in [0.2, 0.25) is 0 Å². The van der Waals surface area contributed by atoms with Gasteiger partial charge < -0.3 is 9.47 Å². The Hall–Kier alpha value is -2.31. The van der Waals surface area contributed by atoms with E-state index >= 15 is 0 Å². The van der Waals surface area contributed by atoms with E-state index in [4.69, 9.17) is 21.7 Å². The van der Waals surface area contributed by atoms with Crippen LogP contribution < -0.4 is 9.47 Å². The largest absolute Gasteiger partial charge is 0.493 e. The molecule has 1 aliphatic heterocycles. The number of hydrogen-bond acceptors (Lipinski definition) is 5. The number of amides is 1. The molecule has 1 heterocycles. The summed E-state index contributed by atoms with van der Waals surface area (Å²) in [4.78, 5) is 14.2. The van der Waals surface area contributed by atoms with Crippen LogP contribution in [-0.4, -0.2) is 35.4 Å². The number of likely N-dealkylation sites (N-methyl/N-ethyl adjacent to an activating group) is 1. The third-order valence-electron chi connectivity index (χ3n) is 4.01. The molecule has 1 saturated heterocycles. The van der Waals surface area contributed by atoms with Crippen LogP contribution in [0.3, 0.4) is 0 Å². The number of carbonyl (C=O) groups excluding carboxylic acids is 1. The molecule has 27 heavy (non-hydrogen) atoms. The highest BCUT2D eigenvalue weighted by atomic mass is 32.2. The van der Waals surface area contributed by atoms with Crippen molar-refractivity contribution < 1.29 is 14.3 Å². The van der Waals surface area contributed by atoms with Crippen molar-refractivity contribution in [1.29, 1.82) is 0 Å². The summed E-state index contributed by atoms with van der Waals surface area (Å²) in [5, 5.41) is 0. The average molecular weight is 400 g/mol. The highest BCUT2D eigenvalue weighted by Gasteiger charge is 2.28. The molecule has 0 N–H and O–H groups in total. The first-order valence-corrected chi connectivity index (χ1v) is 9.89. The Morgan fingerprint density at radius 1 is 1.00 bits per heavy atom. The monoisotopic (exact) mass is 399 g/mol. The van der Waals surface area contributed by atoms with Crippen LogP contribution in [0.15, 0.2) is 53.4 Å². The maximum Gasteiger partial charge on any atom is 0.265 e. The van der Waals surface area contributed by atoms with Gasteiger partial charge in [-0.15, -0.1) is 0 Å². The fourth-order valence-electron chi connectivity index (χ4n) is 2.43. The van der Waals surface area contributed by atoms with Crippen molar-refractivity contribution in [3.63, 3.8) is 0 Å². The van der Waals surface area contributed by atoms with E-state index in [1.807, 2.05) is 54.6 Å². The van der Waals surface area contributed by atoms with Crippen molar-refractivity contribution >= 4 is 40.3 Å². The summed E-state index contributed by atoms with van der Waals surface area (Å²) >= 11 is 6.46. The van der Waals surface area contributed by atoms with Gasteiger partial charge in [-0.25, -0.2) is 0 Å². The topological polar surface area (TPSA) is 38.8 Å². The molecule has 0 atom stereocenters. The molecule has 1 aliphatic rings. The maximum absolute atomic E-state index is 12.0. The van der Waals surface area contributed by atoms with Crippen LogP contribution in [-0.2, 0) is 4.79 Å². The first kappa shape index (κ1) is 19.5. The summed E-state index contributed by atoms with van der Waals surface area (Å²) in [6, 6.07) is 15.7. The first-order chi connectivity index (χ1) is 13.0. The summed E-state index contributed by atoms with van der Waals surface area (Å²) in [6.07, 6.45) is 2.65. The van der Waals surface area contributed by atoms with Crippen LogP contribution in [0.25, 0.3) is 6.08 Å². The third-order valence-corrected chi connectivity index (χ3v) is 5.50. The second kappa shape index (κ2) is 9.06. The second-order valence-electron chi connectivity index (χ2n) is 6.17. The summed E-state index contributed by atoms with van der Waals surface area (Å²) in [5.41, 5.74) is 2.16. The van der Waals surface area contributed by atoms with Crippen molar-refractivity contribution in [3.8, 4) is 11.5 Å². The molecule has 1 fully saturated rings. The molecule has 0 unspecified atom stereocenters. The fourth-order valence-corrected chi connectivity index (χ4v) is 3.61. The number of hydrogen-bond donors (Lipinski definition) is 0. The molecular weight excluding hydrogens is 378 g/mol. The first-order valence-electron chi connectivity index (χ1n) is 8.67. The van der Waals surface area contributed by atoms with Crippen LogP contribution in [0, 0.1) is 6.92 Å². The molecule has 3 rings (SSSR count). The van der Waals surface area contributed by atoms with Crippen LogP contribution in [0.5, 0.6) is 11.5 Å². The lowest BCUT2D eigenvalue weighted by Crippen LogP contribution is -2.22. The van der Waals surface area contributed by atoms with Crippen LogP contribution >= 0.6 is 24.0 Å². The number of carbonyl (C=O) groups is 1. The minimum Gasteiger partial charge on any atom is -0.493 e. The normalized spacial score (nSPS) is 15.5. The van der Waals surface area contributed by atoms with Gasteiger partial charge in [-0.3, -0.25) is 9.69 Å². The van der Waals surface area contributed by atoms with E-state index in [0.29, 0.717) is 22.4 Å². The Morgan fingerprint density at radius 3 is 2.07 bits per heavy atom. The van der Waals surface area contributed by atoms with Gasteiger partial charge in [0, 0.05) is 13.5 Å². The zero-order valence-corrected chi connectivity index (χ0v) is 16.9. The lowest BCUT2D eigenvalue weighted by atomic mass is 10.2. The van der Waals surface area contributed by atoms with Gasteiger partial charge in [0.05, 0.1) is 18.1 Å². The maximum atomic E-state index is 12.0. The van der Waals surface area contributed by atoms with Crippen LogP contribution in [0.4, 0.5) is 0 Å².